The summed E-state index contributed by atoms with van der Waals surface area (Å²) in [7, 11) is 0. The first-order valence-electron chi connectivity index (χ1n) is 7.61. The topological polar surface area (TPSA) is 63.1 Å². The molecule has 0 radical (unpaired) electrons. The third-order valence-corrected chi connectivity index (χ3v) is 3.94. The molecule has 2 aromatic rings. The van der Waals surface area contributed by atoms with Gasteiger partial charge in [-0.05, 0) is 18.2 Å². The first-order valence-corrected chi connectivity index (χ1v) is 7.61. The molecule has 0 bridgehead atoms. The van der Waals surface area contributed by atoms with Crippen molar-refractivity contribution in [3.63, 3.8) is 0 Å². The normalized spacial score (nSPS) is 17.1. The van der Waals surface area contributed by atoms with Crippen LogP contribution in [-0.2, 0) is 17.5 Å². The second-order valence-electron chi connectivity index (χ2n) is 5.70. The van der Waals surface area contributed by atoms with Crippen LogP contribution in [0.15, 0.2) is 43.2 Å². The summed E-state index contributed by atoms with van der Waals surface area (Å²) in [4.78, 5) is 16.7. The maximum atomic E-state index is 12.7. The Bertz CT molecular complexity index is 769. The molecule has 1 unspecified atom stereocenters. The highest BCUT2D eigenvalue weighted by Gasteiger charge is 2.33. The van der Waals surface area contributed by atoms with E-state index in [9.17, 15) is 18.0 Å². The highest BCUT2D eigenvalue weighted by molar-refractivity contribution is 5.86. The van der Waals surface area contributed by atoms with Crippen molar-refractivity contribution < 1.29 is 18.0 Å². The zero-order valence-corrected chi connectivity index (χ0v) is 13.2. The molecule has 1 aliphatic heterocycles. The third-order valence-electron chi connectivity index (χ3n) is 3.94. The van der Waals surface area contributed by atoms with Gasteiger partial charge in [-0.15, -0.1) is 0 Å². The minimum absolute atomic E-state index is 0.0404. The van der Waals surface area contributed by atoms with Crippen molar-refractivity contribution in [2.75, 3.05) is 18.0 Å². The Morgan fingerprint density at radius 1 is 1.36 bits per heavy atom. The fourth-order valence-corrected chi connectivity index (χ4v) is 2.75. The van der Waals surface area contributed by atoms with Gasteiger partial charge < -0.3 is 10.2 Å². The summed E-state index contributed by atoms with van der Waals surface area (Å²) in [6.45, 7) is 4.94. The first-order chi connectivity index (χ1) is 11.9. The van der Waals surface area contributed by atoms with E-state index in [-0.39, 0.29) is 11.8 Å². The number of halogens is 3. The zero-order valence-electron chi connectivity index (χ0n) is 13.2. The fourth-order valence-electron chi connectivity index (χ4n) is 2.75. The van der Waals surface area contributed by atoms with Gasteiger partial charge in [0, 0.05) is 31.6 Å². The minimum Gasteiger partial charge on any atom is -0.352 e. The van der Waals surface area contributed by atoms with Crippen molar-refractivity contribution in [3.8, 4) is 0 Å². The molecule has 1 N–H and O–H groups in total. The molecule has 9 heteroatoms. The molecule has 1 amide bonds. The number of nitrogens with zero attached hydrogens (tertiary/aromatic N) is 4. The van der Waals surface area contributed by atoms with E-state index in [1.54, 1.807) is 16.9 Å². The minimum atomic E-state index is -4.47. The lowest BCUT2D eigenvalue weighted by Gasteiger charge is -2.34. The van der Waals surface area contributed by atoms with Crippen LogP contribution in [0, 0.1) is 5.92 Å². The molecule has 1 aliphatic rings. The Kier molecular flexibility index (Phi) is 4.47. The van der Waals surface area contributed by atoms with Crippen LogP contribution in [0.1, 0.15) is 5.69 Å². The molecule has 0 aliphatic carbocycles. The number of fused-ring (bicyclic) bond motifs is 1. The first kappa shape index (κ1) is 17.0. The van der Waals surface area contributed by atoms with Crippen LogP contribution in [-0.4, -0.2) is 33.8 Å². The number of rotatable bonds is 4. The molecule has 2 aromatic heterocycles. The number of hydrogen-bond acceptors (Lipinski definition) is 4. The van der Waals surface area contributed by atoms with Crippen LogP contribution in [0.5, 0.6) is 0 Å². The Morgan fingerprint density at radius 2 is 2.16 bits per heavy atom. The fraction of sp³-hybridized carbons (Fsp3) is 0.312. The molecule has 0 saturated carbocycles. The quantitative estimate of drug-likeness (QED) is 0.859. The van der Waals surface area contributed by atoms with Crippen molar-refractivity contribution >= 4 is 17.4 Å². The molecule has 0 saturated heterocycles. The van der Waals surface area contributed by atoms with E-state index in [0.717, 1.165) is 11.9 Å². The average molecular weight is 351 g/mol. The zero-order chi connectivity index (χ0) is 18.0. The van der Waals surface area contributed by atoms with E-state index in [2.05, 4.69) is 22.0 Å². The van der Waals surface area contributed by atoms with Gasteiger partial charge in [0.05, 0.1) is 18.1 Å². The van der Waals surface area contributed by atoms with Gasteiger partial charge in [0.25, 0.3) is 0 Å². The van der Waals surface area contributed by atoms with Gasteiger partial charge >= 0.3 is 6.18 Å². The number of aromatic nitrogens is 3. The van der Waals surface area contributed by atoms with Crippen LogP contribution in [0.4, 0.5) is 24.7 Å². The molecule has 25 heavy (non-hydrogen) atoms. The van der Waals surface area contributed by atoms with Gasteiger partial charge in [0.2, 0.25) is 5.91 Å². The van der Waals surface area contributed by atoms with E-state index in [4.69, 9.17) is 0 Å². The van der Waals surface area contributed by atoms with Crippen molar-refractivity contribution in [1.29, 1.82) is 0 Å². The molecule has 1 atom stereocenters. The molecular formula is C16H16F3N5O. The van der Waals surface area contributed by atoms with Gasteiger partial charge in [-0.1, -0.05) is 6.58 Å². The van der Waals surface area contributed by atoms with Crippen LogP contribution < -0.4 is 10.2 Å². The van der Waals surface area contributed by atoms with Gasteiger partial charge in [0.1, 0.15) is 11.5 Å². The molecule has 0 spiro atoms. The third kappa shape index (κ3) is 3.65. The van der Waals surface area contributed by atoms with E-state index in [1.165, 1.54) is 18.3 Å². The standard InChI is InChI=1S/C16H16F3N5O/c1-2-14(25)21-7-11-9-23(15-5-6-22-24(15)10-11)12-3-4-13(20-8-12)16(17,18)19/h2-6,8,11H,1,7,9-10H2,(H,21,25). The smallest absolute Gasteiger partial charge is 0.352 e. The molecule has 6 nitrogen and oxygen atoms in total. The average Bonchev–Trinajstić information content (AvgIpc) is 3.06. The summed E-state index contributed by atoms with van der Waals surface area (Å²) in [5.74, 6) is 0.542. The molecule has 3 heterocycles. The number of pyridine rings is 1. The van der Waals surface area contributed by atoms with E-state index in [1.807, 2.05) is 4.90 Å². The van der Waals surface area contributed by atoms with Crippen molar-refractivity contribution in [2.24, 2.45) is 5.92 Å². The van der Waals surface area contributed by atoms with Crippen molar-refractivity contribution in [3.05, 3.63) is 48.9 Å². The highest BCUT2D eigenvalue weighted by atomic mass is 19.4. The predicted molar refractivity (Wildman–Crippen MR) is 85.2 cm³/mol. The second-order valence-corrected chi connectivity index (χ2v) is 5.70. The van der Waals surface area contributed by atoms with Crippen LogP contribution in [0.25, 0.3) is 0 Å². The van der Waals surface area contributed by atoms with Crippen LogP contribution in [0.2, 0.25) is 0 Å². The number of carbonyl (C=O) groups is 1. The van der Waals surface area contributed by atoms with Gasteiger partial charge in [0.15, 0.2) is 0 Å². The maximum Gasteiger partial charge on any atom is 0.433 e. The van der Waals surface area contributed by atoms with E-state index in [0.29, 0.717) is 25.3 Å². The second kappa shape index (κ2) is 6.58. The molecule has 132 valence electrons. The lowest BCUT2D eigenvalue weighted by atomic mass is 10.1. The van der Waals surface area contributed by atoms with Crippen LogP contribution >= 0.6 is 0 Å². The monoisotopic (exact) mass is 351 g/mol. The Morgan fingerprint density at radius 3 is 2.80 bits per heavy atom. The molecular weight excluding hydrogens is 335 g/mol. The lowest BCUT2D eigenvalue weighted by molar-refractivity contribution is -0.141. The molecule has 0 aromatic carbocycles. The predicted octanol–water partition coefficient (Wildman–Crippen LogP) is 2.37. The summed E-state index contributed by atoms with van der Waals surface area (Å²) < 4.78 is 39.8. The van der Waals surface area contributed by atoms with E-state index < -0.39 is 11.9 Å². The number of nitrogens with one attached hydrogen (secondary N) is 1. The molecule has 0 fully saturated rings. The Hall–Kier alpha value is -2.84. The van der Waals surface area contributed by atoms with Crippen LogP contribution in [0.3, 0.4) is 0 Å². The Balaban J connectivity index is 1.82. The van der Waals surface area contributed by atoms with Gasteiger partial charge in [-0.2, -0.15) is 18.3 Å². The number of anilines is 2. The van der Waals surface area contributed by atoms with Crippen molar-refractivity contribution in [1.82, 2.24) is 20.1 Å². The maximum absolute atomic E-state index is 12.7. The summed E-state index contributed by atoms with van der Waals surface area (Å²) in [5.41, 5.74) is -0.397. The van der Waals surface area contributed by atoms with Crippen molar-refractivity contribution in [2.45, 2.75) is 12.7 Å². The number of carbonyl (C=O) groups excluding carboxylic acids is 1. The van der Waals surface area contributed by atoms with Gasteiger partial charge in [-0.3, -0.25) is 4.79 Å². The SMILES string of the molecule is C=CC(=O)NCC1CN(c2ccc(C(F)(F)F)nc2)c2ccnn2C1. The summed E-state index contributed by atoms with van der Waals surface area (Å²) in [5, 5.41) is 6.97. The summed E-state index contributed by atoms with van der Waals surface area (Å²) in [6, 6.07) is 4.13. The number of amides is 1. The Labute approximate surface area is 142 Å². The lowest BCUT2D eigenvalue weighted by Crippen LogP contribution is -2.41. The summed E-state index contributed by atoms with van der Waals surface area (Å²) in [6.07, 6.45) is -0.450. The molecule has 3 rings (SSSR count). The largest absolute Gasteiger partial charge is 0.433 e. The van der Waals surface area contributed by atoms with Gasteiger partial charge in [-0.25, -0.2) is 9.67 Å². The summed E-state index contributed by atoms with van der Waals surface area (Å²) >= 11 is 0. The number of hydrogen-bond donors (Lipinski definition) is 1. The highest BCUT2D eigenvalue weighted by Crippen LogP contribution is 2.33. The van der Waals surface area contributed by atoms with E-state index >= 15 is 0 Å². The number of alkyl halides is 3.